The number of aliphatic hydroxyl groups excluding tert-OH is 1. The Kier molecular flexibility index (Phi) is 6.79. The molecule has 1 aliphatic heterocycles. The van der Waals surface area contributed by atoms with Gasteiger partial charge in [0.15, 0.2) is 15.9 Å². The molecule has 0 bridgehead atoms. The summed E-state index contributed by atoms with van der Waals surface area (Å²) in [4.78, 5) is 28.4. The molecule has 1 N–H and O–H groups in total. The number of para-hydroxylation sites is 1. The molecule has 1 unspecified atom stereocenters. The number of rotatable bonds is 7. The molecule has 6 rings (SSSR count). The lowest BCUT2D eigenvalue weighted by molar-refractivity contribution is -0.117. The highest BCUT2D eigenvalue weighted by Gasteiger charge is 2.46. The summed E-state index contributed by atoms with van der Waals surface area (Å²) < 4.78 is 21.1. The molecule has 194 valence electrons. The molecule has 0 radical (unpaired) electrons. The number of anilines is 1. The first kappa shape index (κ1) is 25.5. The molecule has 2 aromatic heterocycles. The maximum atomic E-state index is 14.1. The molecule has 0 saturated carbocycles. The van der Waals surface area contributed by atoms with E-state index < -0.39 is 23.5 Å². The number of carbonyl (C=O) groups is 2. The second-order valence-corrected chi connectivity index (χ2v) is 11.7. The number of nitrogens with zero attached hydrogens (tertiary/aromatic N) is 3. The highest BCUT2D eigenvalue weighted by molar-refractivity contribution is 9.10. The summed E-state index contributed by atoms with van der Waals surface area (Å²) in [6, 6.07) is 21.3. The van der Waals surface area contributed by atoms with Gasteiger partial charge in [-0.05, 0) is 41.5 Å². The molecular formula is C28H17BrFN3O4S2. The number of thioether (sulfide) groups is 1. The Bertz CT molecular complexity index is 1730. The molecule has 5 aromatic rings. The van der Waals surface area contributed by atoms with E-state index in [-0.39, 0.29) is 22.3 Å². The van der Waals surface area contributed by atoms with Crippen LogP contribution in [0.2, 0.25) is 0 Å². The Labute approximate surface area is 238 Å². The number of benzene rings is 3. The number of furan rings is 1. The van der Waals surface area contributed by atoms with E-state index in [0.29, 0.717) is 26.8 Å². The molecule has 0 spiro atoms. The van der Waals surface area contributed by atoms with Crippen molar-refractivity contribution in [2.75, 3.05) is 4.90 Å². The minimum atomic E-state index is -0.969. The van der Waals surface area contributed by atoms with E-state index in [1.54, 1.807) is 60.7 Å². The molecule has 0 aliphatic carbocycles. The molecule has 0 saturated heterocycles. The highest BCUT2D eigenvalue weighted by atomic mass is 79.9. The van der Waals surface area contributed by atoms with E-state index in [9.17, 15) is 19.1 Å². The third-order valence-electron chi connectivity index (χ3n) is 6.20. The second kappa shape index (κ2) is 10.4. The SMILES string of the molecule is O=C(C1=C(O)C(=O)N(c2nnc(SCc3ccccc3F)s2)C1c1ccc(Br)cc1)c1cc2ccccc2o1. The van der Waals surface area contributed by atoms with Crippen LogP contribution in [-0.4, -0.2) is 27.0 Å². The summed E-state index contributed by atoms with van der Waals surface area (Å²) in [5, 5.41) is 20.3. The number of fused-ring (bicyclic) bond motifs is 1. The molecule has 39 heavy (non-hydrogen) atoms. The van der Waals surface area contributed by atoms with Crippen LogP contribution in [0.25, 0.3) is 11.0 Å². The molecule has 1 aliphatic rings. The van der Waals surface area contributed by atoms with Crippen molar-refractivity contribution in [1.82, 2.24) is 10.2 Å². The molecule has 3 aromatic carbocycles. The molecule has 0 fully saturated rings. The molecule has 3 heterocycles. The maximum Gasteiger partial charge on any atom is 0.296 e. The molecular weight excluding hydrogens is 605 g/mol. The quantitative estimate of drug-likeness (QED) is 0.116. The summed E-state index contributed by atoms with van der Waals surface area (Å²) in [7, 11) is 0. The van der Waals surface area contributed by atoms with Crippen LogP contribution in [0, 0.1) is 5.82 Å². The second-order valence-electron chi connectivity index (χ2n) is 8.60. The van der Waals surface area contributed by atoms with Crippen LogP contribution in [0.15, 0.2) is 103 Å². The number of Topliss-reactive ketones (excluding diaryl/α,β-unsaturated/α-hetero) is 1. The van der Waals surface area contributed by atoms with Crippen LogP contribution in [0.4, 0.5) is 9.52 Å². The van der Waals surface area contributed by atoms with Gasteiger partial charge in [0.1, 0.15) is 11.4 Å². The third-order valence-corrected chi connectivity index (χ3v) is 8.83. The summed E-state index contributed by atoms with van der Waals surface area (Å²) >= 11 is 5.80. The number of aliphatic hydroxyl groups is 1. The van der Waals surface area contributed by atoms with Gasteiger partial charge < -0.3 is 9.52 Å². The minimum Gasteiger partial charge on any atom is -0.503 e. The maximum absolute atomic E-state index is 14.1. The Morgan fingerprint density at radius 1 is 1.08 bits per heavy atom. The first-order valence-electron chi connectivity index (χ1n) is 11.7. The van der Waals surface area contributed by atoms with Crippen LogP contribution in [-0.2, 0) is 10.5 Å². The lowest BCUT2D eigenvalue weighted by Gasteiger charge is -2.23. The number of aromatic nitrogens is 2. The van der Waals surface area contributed by atoms with Crippen LogP contribution < -0.4 is 4.90 Å². The van der Waals surface area contributed by atoms with Gasteiger partial charge in [0.05, 0.1) is 11.6 Å². The first-order valence-corrected chi connectivity index (χ1v) is 14.3. The zero-order valence-corrected chi connectivity index (χ0v) is 23.1. The topological polar surface area (TPSA) is 96.5 Å². The van der Waals surface area contributed by atoms with Crippen molar-refractivity contribution in [2.45, 2.75) is 16.1 Å². The zero-order chi connectivity index (χ0) is 27.1. The number of hydrogen-bond acceptors (Lipinski definition) is 8. The molecule has 1 amide bonds. The van der Waals surface area contributed by atoms with Crippen molar-refractivity contribution in [3.05, 3.63) is 117 Å². The smallest absolute Gasteiger partial charge is 0.296 e. The van der Waals surface area contributed by atoms with Crippen molar-refractivity contribution in [3.63, 3.8) is 0 Å². The van der Waals surface area contributed by atoms with E-state index in [1.165, 1.54) is 22.7 Å². The first-order chi connectivity index (χ1) is 18.9. The monoisotopic (exact) mass is 621 g/mol. The fourth-order valence-corrected chi connectivity index (χ4v) is 6.45. The van der Waals surface area contributed by atoms with Crippen molar-refractivity contribution < 1.29 is 23.5 Å². The highest BCUT2D eigenvalue weighted by Crippen LogP contribution is 2.44. The van der Waals surface area contributed by atoms with Gasteiger partial charge in [0.25, 0.3) is 5.91 Å². The van der Waals surface area contributed by atoms with Crippen molar-refractivity contribution >= 4 is 66.8 Å². The summed E-state index contributed by atoms with van der Waals surface area (Å²) in [6.45, 7) is 0. The predicted molar refractivity (Wildman–Crippen MR) is 150 cm³/mol. The van der Waals surface area contributed by atoms with Gasteiger partial charge in [-0.2, -0.15) is 0 Å². The lowest BCUT2D eigenvalue weighted by Crippen LogP contribution is -2.31. The standard InChI is InChI=1S/C28H17BrFN3O4S2/c29-18-11-9-15(10-12-18)23-22(24(34)21-13-16-5-2-4-8-20(16)37-21)25(35)26(36)33(23)27-31-32-28(39-27)38-14-17-6-1-3-7-19(17)30/h1-13,23,35H,14H2. The van der Waals surface area contributed by atoms with Crippen molar-refractivity contribution in [1.29, 1.82) is 0 Å². The van der Waals surface area contributed by atoms with E-state index in [0.717, 1.165) is 21.2 Å². The Morgan fingerprint density at radius 3 is 2.59 bits per heavy atom. The zero-order valence-electron chi connectivity index (χ0n) is 19.9. The Balaban J connectivity index is 1.36. The van der Waals surface area contributed by atoms with Gasteiger partial charge in [-0.15, -0.1) is 10.2 Å². The van der Waals surface area contributed by atoms with E-state index in [1.807, 2.05) is 12.1 Å². The van der Waals surface area contributed by atoms with Gasteiger partial charge in [-0.1, -0.05) is 87.6 Å². The number of halogens is 2. The molecule has 11 heteroatoms. The van der Waals surface area contributed by atoms with Crippen LogP contribution in [0.1, 0.15) is 27.7 Å². The Morgan fingerprint density at radius 2 is 1.82 bits per heavy atom. The molecule has 1 atom stereocenters. The normalized spacial score (nSPS) is 15.5. The lowest BCUT2D eigenvalue weighted by atomic mass is 9.95. The van der Waals surface area contributed by atoms with Gasteiger partial charge in [0, 0.05) is 15.6 Å². The van der Waals surface area contributed by atoms with Crippen molar-refractivity contribution in [2.24, 2.45) is 0 Å². The van der Waals surface area contributed by atoms with E-state index >= 15 is 0 Å². The van der Waals surface area contributed by atoms with Crippen LogP contribution in [0.5, 0.6) is 0 Å². The largest absolute Gasteiger partial charge is 0.503 e. The molecule has 7 nitrogen and oxygen atoms in total. The number of carbonyl (C=O) groups excluding carboxylic acids is 2. The number of hydrogen-bond donors (Lipinski definition) is 1. The summed E-state index contributed by atoms with van der Waals surface area (Å²) in [5.74, 6) is -2.04. The van der Waals surface area contributed by atoms with E-state index in [4.69, 9.17) is 4.42 Å². The number of amides is 1. The van der Waals surface area contributed by atoms with Gasteiger partial charge in [-0.25, -0.2) is 4.39 Å². The van der Waals surface area contributed by atoms with Gasteiger partial charge >= 0.3 is 0 Å². The summed E-state index contributed by atoms with van der Waals surface area (Å²) in [5.41, 5.74) is 1.51. The average Bonchev–Trinajstić information content (AvgIpc) is 3.65. The van der Waals surface area contributed by atoms with Gasteiger partial charge in [0.2, 0.25) is 10.9 Å². The van der Waals surface area contributed by atoms with Crippen LogP contribution >= 0.6 is 39.0 Å². The third kappa shape index (κ3) is 4.77. The fourth-order valence-electron chi connectivity index (χ4n) is 4.33. The number of ketones is 1. The van der Waals surface area contributed by atoms with Gasteiger partial charge in [-0.3, -0.25) is 14.5 Å². The Hall–Kier alpha value is -3.80. The van der Waals surface area contributed by atoms with Crippen LogP contribution in [0.3, 0.4) is 0 Å². The minimum absolute atomic E-state index is 0.00732. The van der Waals surface area contributed by atoms with Crippen molar-refractivity contribution in [3.8, 4) is 0 Å². The van der Waals surface area contributed by atoms with E-state index in [2.05, 4.69) is 26.1 Å². The average molecular weight is 622 g/mol. The fraction of sp³-hybridized carbons (Fsp3) is 0.0714. The summed E-state index contributed by atoms with van der Waals surface area (Å²) in [6.07, 6.45) is 0. The predicted octanol–water partition coefficient (Wildman–Crippen LogP) is 7.26.